The van der Waals surface area contributed by atoms with Gasteiger partial charge in [-0.2, -0.15) is 0 Å². The normalized spacial score (nSPS) is 23.5. The molecule has 19 heavy (non-hydrogen) atoms. The maximum Gasteiger partial charge on any atom is 0.0506 e. The van der Waals surface area contributed by atoms with Crippen LogP contribution in [0.5, 0.6) is 0 Å². The molecular weight excluding hydrogens is 236 g/mol. The lowest BCUT2D eigenvalue weighted by molar-refractivity contribution is 0.0357. The van der Waals surface area contributed by atoms with E-state index in [1.54, 1.807) is 0 Å². The standard InChI is InChI=1S/C16H34N2O/c1-5-9-16(3,13-17-6-2)14-18(4)11-15-8-7-10-19-12-15/h15,17H,5-14H2,1-4H3. The van der Waals surface area contributed by atoms with Gasteiger partial charge in [-0.1, -0.05) is 27.2 Å². The van der Waals surface area contributed by atoms with Crippen molar-refractivity contribution in [3.8, 4) is 0 Å². The Balaban J connectivity index is 2.38. The summed E-state index contributed by atoms with van der Waals surface area (Å²) in [5.74, 6) is 0.740. The minimum atomic E-state index is 0.398. The fourth-order valence-electron chi connectivity index (χ4n) is 3.36. The summed E-state index contributed by atoms with van der Waals surface area (Å²) in [6, 6.07) is 0. The molecule has 1 fully saturated rings. The first-order chi connectivity index (χ1) is 9.09. The molecule has 0 aromatic rings. The van der Waals surface area contributed by atoms with Crippen LogP contribution in [0.25, 0.3) is 0 Å². The largest absolute Gasteiger partial charge is 0.381 e. The van der Waals surface area contributed by atoms with E-state index >= 15 is 0 Å². The number of nitrogens with one attached hydrogen (secondary N) is 1. The molecule has 0 saturated carbocycles. The van der Waals surface area contributed by atoms with Crippen LogP contribution in [0.15, 0.2) is 0 Å². The monoisotopic (exact) mass is 270 g/mol. The van der Waals surface area contributed by atoms with Crippen molar-refractivity contribution < 1.29 is 4.74 Å². The van der Waals surface area contributed by atoms with E-state index in [0.29, 0.717) is 5.41 Å². The van der Waals surface area contributed by atoms with Crippen molar-refractivity contribution in [1.29, 1.82) is 0 Å². The predicted octanol–water partition coefficient (Wildman–Crippen LogP) is 2.76. The highest BCUT2D eigenvalue weighted by Gasteiger charge is 2.26. The molecule has 114 valence electrons. The SMILES string of the molecule is CCCC(C)(CNCC)CN(C)CC1CCCOC1. The van der Waals surface area contributed by atoms with Gasteiger partial charge in [0.05, 0.1) is 6.61 Å². The molecule has 1 heterocycles. The Morgan fingerprint density at radius 3 is 2.74 bits per heavy atom. The van der Waals surface area contributed by atoms with E-state index in [9.17, 15) is 0 Å². The van der Waals surface area contributed by atoms with Gasteiger partial charge in [0.2, 0.25) is 0 Å². The summed E-state index contributed by atoms with van der Waals surface area (Å²) in [4.78, 5) is 2.52. The highest BCUT2D eigenvalue weighted by molar-refractivity contribution is 4.80. The lowest BCUT2D eigenvalue weighted by Gasteiger charge is -2.36. The van der Waals surface area contributed by atoms with E-state index in [1.807, 2.05) is 0 Å². The molecule has 1 aliphatic heterocycles. The molecule has 0 aliphatic carbocycles. The Labute approximate surface area is 120 Å². The summed E-state index contributed by atoms with van der Waals surface area (Å²) in [6.07, 6.45) is 5.14. The van der Waals surface area contributed by atoms with E-state index in [-0.39, 0.29) is 0 Å². The minimum Gasteiger partial charge on any atom is -0.381 e. The van der Waals surface area contributed by atoms with Gasteiger partial charge in [0, 0.05) is 26.2 Å². The highest BCUT2D eigenvalue weighted by atomic mass is 16.5. The Morgan fingerprint density at radius 2 is 2.16 bits per heavy atom. The van der Waals surface area contributed by atoms with Crippen LogP contribution in [0.2, 0.25) is 0 Å². The zero-order valence-electron chi connectivity index (χ0n) is 13.5. The molecule has 1 saturated heterocycles. The van der Waals surface area contributed by atoms with Gasteiger partial charge >= 0.3 is 0 Å². The number of hydrogen-bond donors (Lipinski definition) is 1. The molecule has 1 rings (SSSR count). The molecule has 2 atom stereocenters. The maximum atomic E-state index is 5.59. The predicted molar refractivity (Wildman–Crippen MR) is 82.6 cm³/mol. The molecule has 3 heteroatoms. The van der Waals surface area contributed by atoms with Gasteiger partial charge in [-0.15, -0.1) is 0 Å². The molecule has 1 N–H and O–H groups in total. The summed E-state index contributed by atoms with van der Waals surface area (Å²) in [5.41, 5.74) is 0.398. The third kappa shape index (κ3) is 6.73. The molecule has 1 aliphatic rings. The summed E-state index contributed by atoms with van der Waals surface area (Å²) in [5, 5.41) is 3.53. The average molecular weight is 270 g/mol. The van der Waals surface area contributed by atoms with Crippen LogP contribution in [0.3, 0.4) is 0 Å². The third-order valence-corrected chi connectivity index (χ3v) is 4.13. The van der Waals surface area contributed by atoms with E-state index in [0.717, 1.165) is 32.2 Å². The number of ether oxygens (including phenoxy) is 1. The molecule has 0 aromatic heterocycles. The lowest BCUT2D eigenvalue weighted by atomic mass is 9.84. The molecule has 0 radical (unpaired) electrons. The van der Waals surface area contributed by atoms with Crippen molar-refractivity contribution in [3.63, 3.8) is 0 Å². The van der Waals surface area contributed by atoms with Crippen LogP contribution in [-0.2, 0) is 4.74 Å². The van der Waals surface area contributed by atoms with Crippen LogP contribution in [0.4, 0.5) is 0 Å². The summed E-state index contributed by atoms with van der Waals surface area (Å²) < 4.78 is 5.59. The second kappa shape index (κ2) is 8.93. The van der Waals surface area contributed by atoms with E-state index < -0.39 is 0 Å². The van der Waals surface area contributed by atoms with Gasteiger partial charge in [-0.25, -0.2) is 0 Å². The van der Waals surface area contributed by atoms with Crippen LogP contribution in [0, 0.1) is 11.3 Å². The van der Waals surface area contributed by atoms with Gasteiger partial charge in [0.15, 0.2) is 0 Å². The summed E-state index contributed by atoms with van der Waals surface area (Å²) in [6.45, 7) is 13.4. The first-order valence-electron chi connectivity index (χ1n) is 8.06. The van der Waals surface area contributed by atoms with E-state index in [1.165, 1.54) is 38.8 Å². The Morgan fingerprint density at radius 1 is 1.37 bits per heavy atom. The first kappa shape index (κ1) is 16.9. The fraction of sp³-hybridized carbons (Fsp3) is 1.00. The highest BCUT2D eigenvalue weighted by Crippen LogP contribution is 2.24. The number of nitrogens with zero attached hydrogens (tertiary/aromatic N) is 1. The van der Waals surface area contributed by atoms with Gasteiger partial charge in [0.1, 0.15) is 0 Å². The number of rotatable bonds is 9. The third-order valence-electron chi connectivity index (χ3n) is 4.13. The van der Waals surface area contributed by atoms with Crippen LogP contribution in [0.1, 0.15) is 46.5 Å². The Hall–Kier alpha value is -0.120. The maximum absolute atomic E-state index is 5.59. The van der Waals surface area contributed by atoms with Crippen LogP contribution >= 0.6 is 0 Å². The smallest absolute Gasteiger partial charge is 0.0506 e. The second-order valence-corrected chi connectivity index (χ2v) is 6.62. The molecule has 0 spiro atoms. The average Bonchev–Trinajstić information content (AvgIpc) is 2.37. The zero-order valence-corrected chi connectivity index (χ0v) is 13.5. The Bertz CT molecular complexity index is 229. The minimum absolute atomic E-state index is 0.398. The lowest BCUT2D eigenvalue weighted by Crippen LogP contribution is -2.43. The van der Waals surface area contributed by atoms with Crippen LogP contribution < -0.4 is 5.32 Å². The molecule has 0 bridgehead atoms. The molecular formula is C16H34N2O. The quantitative estimate of drug-likeness (QED) is 0.697. The second-order valence-electron chi connectivity index (χ2n) is 6.62. The molecule has 0 amide bonds. The van der Waals surface area contributed by atoms with Crippen molar-refractivity contribution in [2.45, 2.75) is 46.5 Å². The molecule has 3 nitrogen and oxygen atoms in total. The number of hydrogen-bond acceptors (Lipinski definition) is 3. The first-order valence-corrected chi connectivity index (χ1v) is 8.06. The fourth-order valence-corrected chi connectivity index (χ4v) is 3.36. The summed E-state index contributed by atoms with van der Waals surface area (Å²) in [7, 11) is 2.27. The zero-order chi connectivity index (χ0) is 14.1. The summed E-state index contributed by atoms with van der Waals surface area (Å²) >= 11 is 0. The van der Waals surface area contributed by atoms with Crippen molar-refractivity contribution in [3.05, 3.63) is 0 Å². The van der Waals surface area contributed by atoms with Gasteiger partial charge in [-0.3, -0.25) is 0 Å². The van der Waals surface area contributed by atoms with Crippen molar-refractivity contribution in [1.82, 2.24) is 10.2 Å². The van der Waals surface area contributed by atoms with E-state index in [2.05, 4.69) is 38.0 Å². The van der Waals surface area contributed by atoms with E-state index in [4.69, 9.17) is 4.74 Å². The van der Waals surface area contributed by atoms with Crippen LogP contribution in [-0.4, -0.2) is 51.3 Å². The van der Waals surface area contributed by atoms with Crippen molar-refractivity contribution in [2.24, 2.45) is 11.3 Å². The van der Waals surface area contributed by atoms with Gasteiger partial charge in [-0.05, 0) is 44.2 Å². The topological polar surface area (TPSA) is 24.5 Å². The molecule has 0 aromatic carbocycles. The van der Waals surface area contributed by atoms with Gasteiger partial charge < -0.3 is 15.0 Å². The Kier molecular flexibility index (Phi) is 7.96. The molecule has 2 unspecified atom stereocenters. The van der Waals surface area contributed by atoms with Crippen molar-refractivity contribution >= 4 is 0 Å². The van der Waals surface area contributed by atoms with Crippen molar-refractivity contribution in [2.75, 3.05) is 46.4 Å². The van der Waals surface area contributed by atoms with Gasteiger partial charge in [0.25, 0.3) is 0 Å².